The summed E-state index contributed by atoms with van der Waals surface area (Å²) in [5, 5.41) is 21.8. The number of thiocarbonyl (C=S) groups is 1. The van der Waals surface area contributed by atoms with Crippen molar-refractivity contribution in [3.8, 4) is 6.07 Å². The van der Waals surface area contributed by atoms with Gasteiger partial charge in [0.15, 0.2) is 5.69 Å². The number of nitrogens with zero attached hydrogens (tertiary/aromatic N) is 2. The fourth-order valence-corrected chi connectivity index (χ4v) is 7.55. The van der Waals surface area contributed by atoms with E-state index >= 15 is 0 Å². The first kappa shape index (κ1) is 28.8. The van der Waals surface area contributed by atoms with Crippen LogP contribution in [0.25, 0.3) is 0 Å². The molecule has 3 aliphatic carbocycles. The van der Waals surface area contributed by atoms with E-state index in [1.54, 1.807) is 12.4 Å². The molecule has 1 heterocycles. The predicted octanol–water partition coefficient (Wildman–Crippen LogP) is 4.45. The Kier molecular flexibility index (Phi) is 8.83. The molecule has 0 bridgehead atoms. The Labute approximate surface area is 226 Å². The predicted molar refractivity (Wildman–Crippen MR) is 146 cm³/mol. The smallest absolute Gasteiger partial charge is 0.154 e. The van der Waals surface area contributed by atoms with Crippen molar-refractivity contribution >= 4 is 29.0 Å². The molecule has 1 aromatic heterocycles. The van der Waals surface area contributed by atoms with Gasteiger partial charge in [-0.3, -0.25) is 0 Å². The van der Waals surface area contributed by atoms with Crippen LogP contribution in [0.4, 0.5) is 8.78 Å². The Bertz CT molecular complexity index is 1240. The lowest BCUT2D eigenvalue weighted by atomic mass is 9.93. The largest absolute Gasteiger partial charge is 0.395 e. The van der Waals surface area contributed by atoms with Gasteiger partial charge in [-0.2, -0.15) is 5.26 Å². The molecule has 6 nitrogen and oxygen atoms in total. The van der Waals surface area contributed by atoms with Crippen LogP contribution in [0, 0.1) is 60.0 Å². The van der Waals surface area contributed by atoms with Crippen LogP contribution in [-0.4, -0.2) is 26.4 Å². The molecule has 2 aromatic rings. The third-order valence-corrected chi connectivity index (χ3v) is 9.20. The SMILES string of the molecule is CC.Cc1c(F)cc(CO)cc1F.Cc1cnc(C#N)c(SC2C3C(N/C=C(\N)C(N)=S)C4C(C)C243)c1. The Balaban J connectivity index is 0.000000247. The summed E-state index contributed by atoms with van der Waals surface area (Å²) in [6.07, 6.45) is 3.50. The van der Waals surface area contributed by atoms with Gasteiger partial charge in [0.2, 0.25) is 0 Å². The van der Waals surface area contributed by atoms with Gasteiger partial charge in [0.1, 0.15) is 22.7 Å². The van der Waals surface area contributed by atoms with E-state index in [4.69, 9.17) is 28.8 Å². The maximum atomic E-state index is 12.7. The molecule has 6 atom stereocenters. The topological polar surface area (TPSA) is 121 Å². The van der Waals surface area contributed by atoms with Gasteiger partial charge in [-0.25, -0.2) is 13.8 Å². The number of aromatic nitrogens is 1. The average Bonchev–Trinajstić information content (AvgIpc) is 3.63. The van der Waals surface area contributed by atoms with E-state index in [1.807, 2.05) is 32.5 Å². The van der Waals surface area contributed by atoms with Gasteiger partial charge >= 0.3 is 0 Å². The molecule has 0 saturated heterocycles. The zero-order valence-electron chi connectivity index (χ0n) is 21.5. The molecule has 1 aromatic carbocycles. The number of hydrogen-bond acceptors (Lipinski definition) is 7. The molecule has 6 N–H and O–H groups in total. The average molecular weight is 546 g/mol. The Hall–Kier alpha value is -2.74. The number of aliphatic hydroxyl groups excluding tert-OH is 1. The molecule has 5 rings (SSSR count). The Morgan fingerprint density at radius 3 is 2.41 bits per heavy atom. The molecule has 0 radical (unpaired) electrons. The molecule has 6 unspecified atom stereocenters. The molecule has 1 spiro atoms. The number of benzene rings is 1. The van der Waals surface area contributed by atoms with Gasteiger partial charge in [-0.15, -0.1) is 11.8 Å². The van der Waals surface area contributed by atoms with Gasteiger partial charge in [0.05, 0.1) is 12.3 Å². The summed E-state index contributed by atoms with van der Waals surface area (Å²) in [5.74, 6) is 0.770. The summed E-state index contributed by atoms with van der Waals surface area (Å²) >= 11 is 6.69. The number of hydrogen-bond donors (Lipinski definition) is 4. The minimum atomic E-state index is -0.617. The van der Waals surface area contributed by atoms with Crippen LogP contribution < -0.4 is 16.8 Å². The van der Waals surface area contributed by atoms with E-state index in [9.17, 15) is 14.0 Å². The van der Waals surface area contributed by atoms with Crippen LogP contribution in [-0.2, 0) is 6.61 Å². The molecule has 198 valence electrons. The van der Waals surface area contributed by atoms with Crippen molar-refractivity contribution in [1.29, 1.82) is 5.26 Å². The highest BCUT2D eigenvalue weighted by atomic mass is 32.2. The molecule has 0 amide bonds. The number of nitrogens with one attached hydrogen (secondary N) is 1. The number of halogens is 2. The third-order valence-electron chi connectivity index (χ3n) is 7.44. The third kappa shape index (κ3) is 5.17. The lowest BCUT2D eigenvalue weighted by Crippen LogP contribution is -2.38. The highest BCUT2D eigenvalue weighted by Gasteiger charge is 2.94. The highest BCUT2D eigenvalue weighted by molar-refractivity contribution is 8.00. The van der Waals surface area contributed by atoms with Gasteiger partial charge in [-0.1, -0.05) is 33.0 Å². The molecular formula is C27H33F2N5OS2. The summed E-state index contributed by atoms with van der Waals surface area (Å²) in [7, 11) is 0. The minimum Gasteiger partial charge on any atom is -0.395 e. The number of nitrogens with two attached hydrogens (primary N) is 2. The lowest BCUT2D eigenvalue weighted by molar-refractivity contribution is 0.280. The molecule has 37 heavy (non-hydrogen) atoms. The lowest BCUT2D eigenvalue weighted by Gasteiger charge is -2.24. The van der Waals surface area contributed by atoms with Crippen molar-refractivity contribution < 1.29 is 13.9 Å². The standard InChI is InChI=1S/C17H19N5S2.C8H8F2O.C2H6/c1-7-3-11(10(4-18)21-5-7)24-15-13-14(12-8(2)17(12,13)15)22-6-9(19)16(20)23;1-5-7(9)2-6(4-11)3-8(5)10;1-2/h3,5-6,8,12-15,22H,19H2,1-2H3,(H2,20,23);2-3,11H,4H2,1H3;1-2H3/b9-6-;;. The Morgan fingerprint density at radius 1 is 1.24 bits per heavy atom. The number of rotatable bonds is 6. The van der Waals surface area contributed by atoms with Crippen molar-refractivity contribution in [2.75, 3.05) is 0 Å². The van der Waals surface area contributed by atoms with E-state index in [-0.39, 0.29) is 22.7 Å². The number of thioether (sulfide) groups is 1. The van der Waals surface area contributed by atoms with Gasteiger partial charge in [-0.05, 0) is 66.3 Å². The van der Waals surface area contributed by atoms with Crippen LogP contribution in [0.5, 0.6) is 0 Å². The first-order valence-electron chi connectivity index (χ1n) is 12.2. The van der Waals surface area contributed by atoms with Gasteiger partial charge in [0.25, 0.3) is 0 Å². The van der Waals surface area contributed by atoms with Crippen molar-refractivity contribution in [1.82, 2.24) is 10.3 Å². The molecule has 3 fully saturated rings. The fraction of sp³-hybridized carbons (Fsp3) is 0.444. The molecule has 3 saturated carbocycles. The number of aliphatic hydroxyl groups is 1. The second-order valence-corrected chi connectivity index (χ2v) is 11.0. The van der Waals surface area contributed by atoms with Crippen LogP contribution >= 0.6 is 24.0 Å². The van der Waals surface area contributed by atoms with Crippen molar-refractivity contribution in [3.63, 3.8) is 0 Å². The van der Waals surface area contributed by atoms with Crippen LogP contribution in [0.2, 0.25) is 0 Å². The first-order valence-corrected chi connectivity index (χ1v) is 13.5. The second kappa shape index (κ2) is 11.3. The zero-order chi connectivity index (χ0) is 27.7. The van der Waals surface area contributed by atoms with Crippen molar-refractivity contribution in [2.45, 2.75) is 57.4 Å². The maximum Gasteiger partial charge on any atom is 0.154 e. The normalized spacial score (nSPS) is 28.0. The zero-order valence-corrected chi connectivity index (χ0v) is 23.2. The summed E-state index contributed by atoms with van der Waals surface area (Å²) in [4.78, 5) is 5.48. The summed E-state index contributed by atoms with van der Waals surface area (Å²) in [5.41, 5.74) is 14.1. The second-order valence-electron chi connectivity index (χ2n) is 9.35. The van der Waals surface area contributed by atoms with Gasteiger partial charge < -0.3 is 21.9 Å². The van der Waals surface area contributed by atoms with Crippen LogP contribution in [0.15, 0.2) is 41.2 Å². The van der Waals surface area contributed by atoms with E-state index in [0.29, 0.717) is 45.9 Å². The molecule has 10 heteroatoms. The molecular weight excluding hydrogens is 512 g/mol. The highest BCUT2D eigenvalue weighted by Crippen LogP contribution is 2.92. The van der Waals surface area contributed by atoms with E-state index < -0.39 is 11.6 Å². The first-order chi connectivity index (χ1) is 17.6. The Morgan fingerprint density at radius 2 is 1.86 bits per heavy atom. The minimum absolute atomic E-state index is 0.0119. The van der Waals surface area contributed by atoms with Crippen LogP contribution in [0.3, 0.4) is 0 Å². The maximum absolute atomic E-state index is 12.7. The summed E-state index contributed by atoms with van der Waals surface area (Å²) in [6.45, 7) is 9.34. The number of nitriles is 1. The summed E-state index contributed by atoms with van der Waals surface area (Å²) < 4.78 is 25.4. The summed E-state index contributed by atoms with van der Waals surface area (Å²) in [6, 6.07) is 6.95. The number of pyridine rings is 1. The number of aryl methyl sites for hydroxylation is 1. The van der Waals surface area contributed by atoms with E-state index in [1.165, 1.54) is 6.92 Å². The van der Waals surface area contributed by atoms with Crippen LogP contribution in [0.1, 0.15) is 43.2 Å². The monoisotopic (exact) mass is 545 g/mol. The van der Waals surface area contributed by atoms with Gasteiger partial charge in [0, 0.05) is 34.1 Å². The van der Waals surface area contributed by atoms with E-state index in [2.05, 4.69) is 29.4 Å². The van der Waals surface area contributed by atoms with E-state index in [0.717, 1.165) is 22.6 Å². The fourth-order valence-electron chi connectivity index (χ4n) is 5.55. The van der Waals surface area contributed by atoms with Crippen molar-refractivity contribution in [3.05, 3.63) is 70.3 Å². The molecule has 3 aliphatic rings. The van der Waals surface area contributed by atoms with Crippen molar-refractivity contribution in [2.24, 2.45) is 34.6 Å². The molecule has 0 aliphatic heterocycles. The quantitative estimate of drug-likeness (QED) is 0.310.